The van der Waals surface area contributed by atoms with Gasteiger partial charge in [0.25, 0.3) is 0 Å². The lowest BCUT2D eigenvalue weighted by Crippen LogP contribution is -2.25. The molecule has 0 bridgehead atoms. The Morgan fingerprint density at radius 3 is 2.71 bits per heavy atom. The van der Waals surface area contributed by atoms with Crippen molar-refractivity contribution in [3.8, 4) is 0 Å². The van der Waals surface area contributed by atoms with E-state index in [-0.39, 0.29) is 17.4 Å². The highest BCUT2D eigenvalue weighted by Gasteiger charge is 2.43. The third kappa shape index (κ3) is 2.45. The van der Waals surface area contributed by atoms with E-state index in [0.717, 1.165) is 0 Å². The van der Waals surface area contributed by atoms with Gasteiger partial charge in [-0.3, -0.25) is 4.79 Å². The van der Waals surface area contributed by atoms with Gasteiger partial charge in [-0.1, -0.05) is 20.8 Å². The first-order valence-electron chi connectivity index (χ1n) is 5.59. The van der Waals surface area contributed by atoms with E-state index in [0.29, 0.717) is 18.4 Å². The maximum absolute atomic E-state index is 11.0. The van der Waals surface area contributed by atoms with Gasteiger partial charge < -0.3 is 9.84 Å². The summed E-state index contributed by atoms with van der Waals surface area (Å²) in [5.41, 5.74) is 0.0255. The lowest BCUT2D eigenvalue weighted by Gasteiger charge is -2.22. The summed E-state index contributed by atoms with van der Waals surface area (Å²) >= 11 is 0. The zero-order valence-corrected chi connectivity index (χ0v) is 10.2. The third-order valence-electron chi connectivity index (χ3n) is 2.93. The van der Waals surface area contributed by atoms with Gasteiger partial charge >= 0.3 is 5.97 Å². The lowest BCUT2D eigenvalue weighted by atomic mass is 9.88. The molecule has 0 unspecified atom stereocenters. The minimum absolute atomic E-state index is 0.0255. The number of carboxylic acid groups (broad SMARTS) is 1. The zero-order chi connectivity index (χ0) is 12.6. The smallest absolute Gasteiger partial charge is 0.312 e. The van der Waals surface area contributed by atoms with Gasteiger partial charge in [0.15, 0.2) is 5.90 Å². The largest absolute Gasteiger partial charge is 0.481 e. The molecule has 0 aromatic carbocycles. The van der Waals surface area contributed by atoms with Crippen molar-refractivity contribution in [2.75, 3.05) is 6.61 Å². The Kier molecular flexibility index (Phi) is 3.15. The maximum atomic E-state index is 11.0. The highest BCUT2D eigenvalue weighted by Crippen LogP contribution is 2.37. The molecule has 0 spiro atoms. The molecule has 17 heavy (non-hydrogen) atoms. The van der Waals surface area contributed by atoms with Crippen molar-refractivity contribution in [3.05, 3.63) is 31.1 Å². The second-order valence-electron chi connectivity index (χ2n) is 5.29. The molecule has 1 heterocycles. The summed E-state index contributed by atoms with van der Waals surface area (Å²) in [5, 5.41) is 9.03. The highest BCUT2D eigenvalue weighted by atomic mass is 16.5. The summed E-state index contributed by atoms with van der Waals surface area (Å²) in [7, 11) is 0. The number of hydrogen-bond acceptors (Lipinski definition) is 3. The van der Waals surface area contributed by atoms with E-state index in [2.05, 4.69) is 25.8 Å². The molecule has 5 radical (unpaired) electrons. The van der Waals surface area contributed by atoms with Crippen LogP contribution in [0.15, 0.2) is 4.99 Å². The van der Waals surface area contributed by atoms with E-state index in [1.807, 2.05) is 0 Å². The summed E-state index contributed by atoms with van der Waals surface area (Å²) in [5.74, 6) is 0.324. The van der Waals surface area contributed by atoms with E-state index in [4.69, 9.17) is 9.84 Å². The molecular weight excluding hydrogens is 218 g/mol. The van der Waals surface area contributed by atoms with E-state index >= 15 is 0 Å². The Labute approximate surface area is 102 Å². The van der Waals surface area contributed by atoms with Crippen LogP contribution in [0.5, 0.6) is 0 Å². The number of carbonyl (C=O) groups is 1. The van der Waals surface area contributed by atoms with Crippen molar-refractivity contribution in [3.63, 3.8) is 0 Å². The van der Waals surface area contributed by atoms with Crippen LogP contribution >= 0.6 is 0 Å². The van der Waals surface area contributed by atoms with Crippen LogP contribution in [0.1, 0.15) is 20.8 Å². The Bertz CT molecular complexity index is 343. The van der Waals surface area contributed by atoms with Crippen molar-refractivity contribution >= 4 is 11.9 Å². The SMILES string of the molecule is CC(C)(C)[C@H]1COC([C]2[CH][CH][CH][C]2C(=O)O)=N1. The minimum atomic E-state index is -0.949. The van der Waals surface area contributed by atoms with Crippen molar-refractivity contribution in [2.45, 2.75) is 26.8 Å². The van der Waals surface area contributed by atoms with E-state index in [1.54, 1.807) is 19.3 Å². The number of hydrogen-bond donors (Lipinski definition) is 1. The third-order valence-corrected chi connectivity index (χ3v) is 2.93. The topological polar surface area (TPSA) is 58.9 Å². The molecule has 0 saturated heterocycles. The quantitative estimate of drug-likeness (QED) is 0.791. The fourth-order valence-corrected chi connectivity index (χ4v) is 1.76. The van der Waals surface area contributed by atoms with Gasteiger partial charge in [0, 0.05) is 0 Å². The van der Waals surface area contributed by atoms with Gasteiger partial charge in [-0.2, -0.15) is 0 Å². The van der Waals surface area contributed by atoms with Crippen LogP contribution in [-0.2, 0) is 9.53 Å². The average Bonchev–Trinajstić information content (AvgIpc) is 2.85. The number of ether oxygens (including phenoxy) is 1. The van der Waals surface area contributed by atoms with Crippen molar-refractivity contribution in [1.82, 2.24) is 0 Å². The normalized spacial score (nSPS) is 27.0. The number of aliphatic imine (C=N–C) groups is 1. The number of aliphatic carboxylic acids is 1. The van der Waals surface area contributed by atoms with Gasteiger partial charge in [0.05, 0.1) is 12.0 Å². The molecule has 1 aliphatic carbocycles. The molecule has 1 saturated carbocycles. The van der Waals surface area contributed by atoms with Gasteiger partial charge in [-0.15, -0.1) is 0 Å². The minimum Gasteiger partial charge on any atom is -0.481 e. The Morgan fingerprint density at radius 2 is 2.18 bits per heavy atom. The van der Waals surface area contributed by atoms with Gasteiger partial charge in [-0.05, 0) is 24.7 Å². The van der Waals surface area contributed by atoms with E-state index in [9.17, 15) is 4.79 Å². The summed E-state index contributed by atoms with van der Waals surface area (Å²) in [6.45, 7) is 6.80. The number of nitrogens with zero attached hydrogens (tertiary/aromatic N) is 1. The van der Waals surface area contributed by atoms with E-state index in [1.165, 1.54) is 0 Å². The molecule has 2 aliphatic rings. The fourth-order valence-electron chi connectivity index (χ4n) is 1.76. The molecule has 4 heteroatoms. The first kappa shape index (κ1) is 12.4. The van der Waals surface area contributed by atoms with Crippen LogP contribution in [0.25, 0.3) is 0 Å². The van der Waals surface area contributed by atoms with Crippen LogP contribution in [0.2, 0.25) is 0 Å². The molecule has 91 valence electrons. The fraction of sp³-hybridized carbons (Fsp3) is 0.462. The molecule has 2 rings (SSSR count). The van der Waals surface area contributed by atoms with Crippen molar-refractivity contribution < 1.29 is 14.6 Å². The van der Waals surface area contributed by atoms with Crippen LogP contribution in [0.4, 0.5) is 0 Å². The first-order valence-corrected chi connectivity index (χ1v) is 5.59. The van der Waals surface area contributed by atoms with Gasteiger partial charge in [0.2, 0.25) is 0 Å². The molecule has 1 atom stereocenters. The molecular formula is C13H16NO3. The maximum Gasteiger partial charge on any atom is 0.312 e. The Hall–Kier alpha value is -1.06. The summed E-state index contributed by atoms with van der Waals surface area (Å²) in [6.07, 6.45) is 5.00. The lowest BCUT2D eigenvalue weighted by molar-refractivity contribution is -0.134. The predicted molar refractivity (Wildman–Crippen MR) is 63.7 cm³/mol. The van der Waals surface area contributed by atoms with Gasteiger partial charge in [-0.25, -0.2) is 4.99 Å². The zero-order valence-electron chi connectivity index (χ0n) is 10.2. The average molecular weight is 234 g/mol. The molecule has 0 amide bonds. The van der Waals surface area contributed by atoms with Crippen molar-refractivity contribution in [1.29, 1.82) is 0 Å². The molecule has 1 aliphatic heterocycles. The molecule has 4 nitrogen and oxygen atoms in total. The monoisotopic (exact) mass is 234 g/mol. The van der Waals surface area contributed by atoms with Crippen molar-refractivity contribution in [2.24, 2.45) is 10.4 Å². The molecule has 1 fully saturated rings. The number of carboxylic acids is 1. The van der Waals surface area contributed by atoms with Gasteiger partial charge in [0.1, 0.15) is 12.5 Å². The molecule has 0 aromatic heterocycles. The highest BCUT2D eigenvalue weighted by molar-refractivity contribution is 6.08. The summed E-state index contributed by atoms with van der Waals surface area (Å²) in [6, 6.07) is 0.0778. The van der Waals surface area contributed by atoms with Crippen LogP contribution in [-0.4, -0.2) is 29.6 Å². The molecule has 0 aromatic rings. The first-order chi connectivity index (χ1) is 7.89. The van der Waals surface area contributed by atoms with E-state index < -0.39 is 5.97 Å². The van der Waals surface area contributed by atoms with Crippen LogP contribution in [0.3, 0.4) is 0 Å². The van der Waals surface area contributed by atoms with Crippen LogP contribution in [0, 0.1) is 36.5 Å². The predicted octanol–water partition coefficient (Wildman–Crippen LogP) is 1.69. The van der Waals surface area contributed by atoms with Crippen LogP contribution < -0.4 is 0 Å². The number of rotatable bonds is 2. The summed E-state index contributed by atoms with van der Waals surface area (Å²) in [4.78, 5) is 15.5. The summed E-state index contributed by atoms with van der Waals surface area (Å²) < 4.78 is 5.51. The standard InChI is InChI=1S/C13H16NO3/c1-13(2,3)10-7-17-11(14-10)8-5-4-6-9(8)12(15)16/h4-6,10H,7H2,1-3H3,(H,15,16)/t10-/m1/s1. The Balaban J connectivity index is 2.11. The second-order valence-corrected chi connectivity index (χ2v) is 5.29. The Morgan fingerprint density at radius 1 is 1.47 bits per heavy atom. The second kappa shape index (κ2) is 4.31. The molecule has 1 N–H and O–H groups in total.